The Bertz CT molecular complexity index is 1190. The largest absolute Gasteiger partial charge is 0.493 e. The van der Waals surface area contributed by atoms with E-state index in [2.05, 4.69) is 4.98 Å². The van der Waals surface area contributed by atoms with Crippen molar-refractivity contribution in [1.82, 2.24) is 9.88 Å². The molecule has 2 aromatic carbocycles. The minimum atomic E-state index is -0.553. The van der Waals surface area contributed by atoms with Gasteiger partial charge in [0.1, 0.15) is 9.88 Å². The summed E-state index contributed by atoms with van der Waals surface area (Å²) in [5.74, 6) is 0.489. The molecule has 172 valence electrons. The second-order valence-corrected chi connectivity index (χ2v) is 8.99. The van der Waals surface area contributed by atoms with Crippen LogP contribution in [0.25, 0.3) is 10.6 Å². The molecule has 1 amide bonds. The first-order valence-corrected chi connectivity index (χ1v) is 11.5. The summed E-state index contributed by atoms with van der Waals surface area (Å²) in [4.78, 5) is 31.9. The molecule has 0 bridgehead atoms. The number of rotatable bonds is 6. The van der Waals surface area contributed by atoms with Crippen molar-refractivity contribution in [2.75, 3.05) is 27.4 Å². The Labute approximate surface area is 200 Å². The van der Waals surface area contributed by atoms with Gasteiger partial charge in [0.05, 0.1) is 19.9 Å². The fraction of sp³-hybridized carbons (Fsp3) is 0.292. The van der Waals surface area contributed by atoms with E-state index in [1.54, 1.807) is 38.2 Å². The molecule has 0 unspecified atom stereocenters. The zero-order valence-corrected chi connectivity index (χ0v) is 20.1. The first-order chi connectivity index (χ1) is 15.9. The fourth-order valence-electron chi connectivity index (χ4n) is 3.68. The van der Waals surface area contributed by atoms with Gasteiger partial charge in [0, 0.05) is 23.7 Å². The predicted octanol–water partition coefficient (Wildman–Crippen LogP) is 4.53. The van der Waals surface area contributed by atoms with Crippen LogP contribution in [0, 0.1) is 6.92 Å². The SMILES string of the molecule is COc1cc2c(cc1OC)CN(C(=O)COC(=O)c1sc(-c3ccc(Cl)cc3)nc1C)CC2. The molecule has 0 spiro atoms. The minimum Gasteiger partial charge on any atom is -0.493 e. The number of esters is 1. The maximum atomic E-state index is 12.7. The lowest BCUT2D eigenvalue weighted by molar-refractivity contribution is -0.135. The summed E-state index contributed by atoms with van der Waals surface area (Å²) in [6, 6.07) is 11.1. The van der Waals surface area contributed by atoms with Crippen LogP contribution in [0.5, 0.6) is 11.5 Å². The second kappa shape index (κ2) is 9.80. The van der Waals surface area contributed by atoms with E-state index in [-0.39, 0.29) is 12.5 Å². The first kappa shape index (κ1) is 23.1. The topological polar surface area (TPSA) is 78.0 Å². The minimum absolute atomic E-state index is 0.246. The fourth-order valence-corrected chi connectivity index (χ4v) is 4.77. The van der Waals surface area contributed by atoms with Crippen molar-refractivity contribution in [3.8, 4) is 22.1 Å². The number of nitrogens with zero attached hydrogens (tertiary/aromatic N) is 2. The Morgan fingerprint density at radius 2 is 1.76 bits per heavy atom. The molecule has 0 saturated carbocycles. The molecule has 0 N–H and O–H groups in total. The third-order valence-electron chi connectivity index (χ3n) is 5.47. The highest BCUT2D eigenvalue weighted by Gasteiger charge is 2.25. The summed E-state index contributed by atoms with van der Waals surface area (Å²) in [6.45, 7) is 2.39. The average molecular weight is 487 g/mol. The predicted molar refractivity (Wildman–Crippen MR) is 126 cm³/mol. The molecule has 0 radical (unpaired) electrons. The number of fused-ring (bicyclic) bond motifs is 1. The normalized spacial score (nSPS) is 12.8. The van der Waals surface area contributed by atoms with E-state index in [9.17, 15) is 9.59 Å². The summed E-state index contributed by atoms with van der Waals surface area (Å²) in [6.07, 6.45) is 0.688. The van der Waals surface area contributed by atoms with Crippen LogP contribution in [0.15, 0.2) is 36.4 Å². The third kappa shape index (κ3) is 4.96. The number of methoxy groups -OCH3 is 2. The van der Waals surface area contributed by atoms with Gasteiger partial charge in [-0.3, -0.25) is 4.79 Å². The Hall–Kier alpha value is -3.10. The van der Waals surface area contributed by atoms with Gasteiger partial charge in [0.25, 0.3) is 5.91 Å². The van der Waals surface area contributed by atoms with Gasteiger partial charge in [0.15, 0.2) is 18.1 Å². The van der Waals surface area contributed by atoms with E-state index in [0.29, 0.717) is 51.6 Å². The van der Waals surface area contributed by atoms with Crippen molar-refractivity contribution in [2.45, 2.75) is 19.9 Å². The second-order valence-electron chi connectivity index (χ2n) is 7.56. The van der Waals surface area contributed by atoms with Gasteiger partial charge >= 0.3 is 5.97 Å². The Morgan fingerprint density at radius 3 is 2.42 bits per heavy atom. The molecule has 0 saturated heterocycles. The summed E-state index contributed by atoms with van der Waals surface area (Å²) in [7, 11) is 3.18. The lowest BCUT2D eigenvalue weighted by Crippen LogP contribution is -2.38. The van der Waals surface area contributed by atoms with E-state index in [0.717, 1.165) is 16.7 Å². The van der Waals surface area contributed by atoms with Gasteiger partial charge in [-0.25, -0.2) is 9.78 Å². The molecule has 9 heteroatoms. The van der Waals surface area contributed by atoms with Crippen LogP contribution in [-0.2, 0) is 22.5 Å². The maximum Gasteiger partial charge on any atom is 0.350 e. The Morgan fingerprint density at radius 1 is 1.09 bits per heavy atom. The average Bonchev–Trinajstić information content (AvgIpc) is 3.22. The van der Waals surface area contributed by atoms with Crippen LogP contribution in [0.2, 0.25) is 5.02 Å². The van der Waals surface area contributed by atoms with Crippen molar-refractivity contribution in [1.29, 1.82) is 0 Å². The van der Waals surface area contributed by atoms with E-state index < -0.39 is 5.97 Å². The lowest BCUT2D eigenvalue weighted by Gasteiger charge is -2.29. The molecule has 2 heterocycles. The van der Waals surface area contributed by atoms with Gasteiger partial charge in [-0.2, -0.15) is 0 Å². The van der Waals surface area contributed by atoms with Crippen LogP contribution in [0.1, 0.15) is 26.5 Å². The van der Waals surface area contributed by atoms with E-state index in [1.807, 2.05) is 24.3 Å². The van der Waals surface area contributed by atoms with Crippen LogP contribution in [-0.4, -0.2) is 49.1 Å². The zero-order valence-electron chi connectivity index (χ0n) is 18.5. The van der Waals surface area contributed by atoms with Crippen molar-refractivity contribution >= 4 is 34.8 Å². The molecule has 1 aliphatic heterocycles. The van der Waals surface area contributed by atoms with Crippen molar-refractivity contribution in [3.63, 3.8) is 0 Å². The number of amides is 1. The number of thiazole rings is 1. The number of halogens is 1. The molecule has 1 aromatic heterocycles. The quantitative estimate of drug-likeness (QED) is 0.476. The van der Waals surface area contributed by atoms with Gasteiger partial charge in [0.2, 0.25) is 0 Å². The molecule has 1 aliphatic rings. The van der Waals surface area contributed by atoms with Crippen LogP contribution >= 0.6 is 22.9 Å². The number of benzene rings is 2. The van der Waals surface area contributed by atoms with E-state index in [4.69, 9.17) is 25.8 Å². The Balaban J connectivity index is 1.39. The summed E-state index contributed by atoms with van der Waals surface area (Å²) in [5.41, 5.74) is 3.53. The van der Waals surface area contributed by atoms with E-state index >= 15 is 0 Å². The highest BCUT2D eigenvalue weighted by Crippen LogP contribution is 2.33. The number of aryl methyl sites for hydroxylation is 1. The summed E-state index contributed by atoms with van der Waals surface area (Å²) in [5, 5.41) is 1.32. The van der Waals surface area contributed by atoms with Gasteiger partial charge in [-0.1, -0.05) is 23.7 Å². The number of carbonyl (C=O) groups excluding carboxylic acids is 2. The summed E-state index contributed by atoms with van der Waals surface area (Å²) < 4.78 is 16.1. The van der Waals surface area contributed by atoms with Gasteiger partial charge in [-0.05, 0) is 48.7 Å². The van der Waals surface area contributed by atoms with Gasteiger partial charge in [-0.15, -0.1) is 11.3 Å². The lowest BCUT2D eigenvalue weighted by atomic mass is 9.99. The van der Waals surface area contributed by atoms with E-state index in [1.165, 1.54) is 11.3 Å². The van der Waals surface area contributed by atoms with Crippen molar-refractivity contribution in [2.24, 2.45) is 0 Å². The van der Waals surface area contributed by atoms with Crippen LogP contribution in [0.4, 0.5) is 0 Å². The molecular formula is C24H23ClN2O5S. The number of carbonyl (C=O) groups is 2. The highest BCUT2D eigenvalue weighted by atomic mass is 35.5. The van der Waals surface area contributed by atoms with Gasteiger partial charge < -0.3 is 19.1 Å². The summed E-state index contributed by atoms with van der Waals surface area (Å²) >= 11 is 7.17. The molecule has 0 atom stereocenters. The maximum absolute atomic E-state index is 12.7. The highest BCUT2D eigenvalue weighted by molar-refractivity contribution is 7.17. The molecule has 3 aromatic rings. The molecule has 7 nitrogen and oxygen atoms in total. The number of hydrogen-bond acceptors (Lipinski definition) is 7. The van der Waals surface area contributed by atoms with Crippen molar-refractivity contribution in [3.05, 3.63) is 63.1 Å². The third-order valence-corrected chi connectivity index (χ3v) is 6.91. The molecule has 0 fully saturated rings. The van der Waals surface area contributed by atoms with Crippen molar-refractivity contribution < 1.29 is 23.8 Å². The smallest absolute Gasteiger partial charge is 0.350 e. The molecular weight excluding hydrogens is 464 g/mol. The number of aromatic nitrogens is 1. The molecule has 0 aliphatic carbocycles. The standard InChI is InChI=1S/C24H23ClN2O5S/c1-14-22(33-23(26-14)15-4-6-18(25)7-5-15)24(29)32-13-21(28)27-9-8-16-10-19(30-2)20(31-3)11-17(16)12-27/h4-7,10-11H,8-9,12-13H2,1-3H3. The monoisotopic (exact) mass is 486 g/mol. The van der Waals surface area contributed by atoms with Crippen LogP contribution < -0.4 is 9.47 Å². The molecule has 33 heavy (non-hydrogen) atoms. The Kier molecular flexibility index (Phi) is 6.85. The molecule has 4 rings (SSSR count). The number of ether oxygens (including phenoxy) is 3. The number of hydrogen-bond donors (Lipinski definition) is 0. The zero-order chi connectivity index (χ0) is 23.5. The first-order valence-electron chi connectivity index (χ1n) is 10.3. The van der Waals surface area contributed by atoms with Crippen LogP contribution in [0.3, 0.4) is 0 Å².